The van der Waals surface area contributed by atoms with Crippen molar-refractivity contribution in [3.63, 3.8) is 0 Å². The van der Waals surface area contributed by atoms with E-state index in [1.807, 2.05) is 4.90 Å². The van der Waals surface area contributed by atoms with Gasteiger partial charge in [-0.15, -0.1) is 0 Å². The Hall–Kier alpha value is -2.88. The SMILES string of the molecule is CCC(=O)NC1=CCN(C)C([C@H](C)c2cc(C(F)(F)F)cc(C(F)(F)F)c2)C1c1ccc(F)cc1C. The Balaban J connectivity index is 2.19. The molecule has 3 rings (SSSR count). The lowest BCUT2D eigenvalue weighted by molar-refractivity contribution is -0.143. The Kier molecular flexibility index (Phi) is 7.88. The van der Waals surface area contributed by atoms with Gasteiger partial charge in [-0.2, -0.15) is 26.3 Å². The maximum Gasteiger partial charge on any atom is 0.416 e. The van der Waals surface area contributed by atoms with Crippen LogP contribution in [0.15, 0.2) is 48.2 Å². The molecule has 2 unspecified atom stereocenters. The number of likely N-dealkylation sites (N-methyl/N-ethyl adjacent to an activating group) is 1. The third-order valence-corrected chi connectivity index (χ3v) is 6.60. The first kappa shape index (κ1) is 27.7. The average Bonchev–Trinajstić information content (AvgIpc) is 2.78. The van der Waals surface area contributed by atoms with Crippen LogP contribution in [0.2, 0.25) is 0 Å². The van der Waals surface area contributed by atoms with Crippen molar-refractivity contribution >= 4 is 5.91 Å². The third-order valence-electron chi connectivity index (χ3n) is 6.60. The molecule has 1 aliphatic heterocycles. The number of aryl methyl sites for hydroxylation is 1. The Morgan fingerprint density at radius 2 is 1.64 bits per heavy atom. The van der Waals surface area contributed by atoms with Gasteiger partial charge < -0.3 is 5.32 Å². The molecule has 0 spiro atoms. The van der Waals surface area contributed by atoms with Crippen LogP contribution in [0.3, 0.4) is 0 Å². The summed E-state index contributed by atoms with van der Waals surface area (Å²) in [5.74, 6) is -2.24. The second-order valence-electron chi connectivity index (χ2n) is 9.10. The number of amides is 1. The van der Waals surface area contributed by atoms with E-state index in [1.165, 1.54) is 18.2 Å². The zero-order chi connectivity index (χ0) is 27.0. The van der Waals surface area contributed by atoms with Crippen LogP contribution >= 0.6 is 0 Å². The predicted octanol–water partition coefficient (Wildman–Crippen LogP) is 6.78. The highest BCUT2D eigenvalue weighted by Crippen LogP contribution is 2.43. The Labute approximate surface area is 205 Å². The van der Waals surface area contributed by atoms with E-state index < -0.39 is 47.2 Å². The van der Waals surface area contributed by atoms with E-state index in [0.717, 1.165) is 12.1 Å². The van der Waals surface area contributed by atoms with Crippen LogP contribution in [-0.2, 0) is 17.1 Å². The molecule has 0 aliphatic carbocycles. The molecular weight excluding hydrogens is 489 g/mol. The van der Waals surface area contributed by atoms with E-state index in [-0.39, 0.29) is 24.0 Å². The van der Waals surface area contributed by atoms with Gasteiger partial charge in [-0.3, -0.25) is 9.69 Å². The number of hydrogen-bond donors (Lipinski definition) is 1. The molecule has 0 saturated carbocycles. The molecule has 3 nitrogen and oxygen atoms in total. The van der Waals surface area contributed by atoms with Crippen LogP contribution in [0.5, 0.6) is 0 Å². The molecule has 0 radical (unpaired) electrons. The second-order valence-corrected chi connectivity index (χ2v) is 9.10. The van der Waals surface area contributed by atoms with Crippen molar-refractivity contribution in [1.82, 2.24) is 10.2 Å². The van der Waals surface area contributed by atoms with E-state index in [4.69, 9.17) is 0 Å². The lowest BCUT2D eigenvalue weighted by atomic mass is 9.75. The first-order valence-corrected chi connectivity index (χ1v) is 11.4. The topological polar surface area (TPSA) is 32.3 Å². The van der Waals surface area contributed by atoms with Crippen LogP contribution in [0.4, 0.5) is 30.7 Å². The minimum atomic E-state index is -4.97. The third kappa shape index (κ3) is 5.91. The minimum Gasteiger partial charge on any atom is -0.329 e. The van der Waals surface area contributed by atoms with Crippen molar-refractivity contribution in [3.05, 3.63) is 81.8 Å². The van der Waals surface area contributed by atoms with Crippen molar-refractivity contribution in [3.8, 4) is 0 Å². The van der Waals surface area contributed by atoms with Crippen molar-refractivity contribution in [2.75, 3.05) is 13.6 Å². The van der Waals surface area contributed by atoms with Gasteiger partial charge in [0.25, 0.3) is 0 Å². The fraction of sp³-hybridized carbons (Fsp3) is 0.423. The summed E-state index contributed by atoms with van der Waals surface area (Å²) in [7, 11) is 1.71. The van der Waals surface area contributed by atoms with Crippen molar-refractivity contribution < 1.29 is 35.5 Å². The van der Waals surface area contributed by atoms with E-state index in [2.05, 4.69) is 5.32 Å². The van der Waals surface area contributed by atoms with Gasteiger partial charge in [-0.1, -0.05) is 26.0 Å². The maximum atomic E-state index is 13.9. The van der Waals surface area contributed by atoms with Crippen LogP contribution in [0, 0.1) is 12.7 Å². The minimum absolute atomic E-state index is 0.106. The number of rotatable bonds is 5. The van der Waals surface area contributed by atoms with Crippen molar-refractivity contribution in [2.24, 2.45) is 0 Å². The molecule has 1 aliphatic rings. The summed E-state index contributed by atoms with van der Waals surface area (Å²) in [5, 5.41) is 2.83. The molecule has 0 saturated heterocycles. The molecule has 0 fully saturated rings. The monoisotopic (exact) mass is 516 g/mol. The smallest absolute Gasteiger partial charge is 0.329 e. The molecular formula is C26H27F7N2O. The first-order valence-electron chi connectivity index (χ1n) is 11.4. The van der Waals surface area contributed by atoms with Gasteiger partial charge in [-0.05, 0) is 66.9 Å². The molecule has 0 bridgehead atoms. The van der Waals surface area contributed by atoms with Gasteiger partial charge in [0, 0.05) is 30.6 Å². The second kappa shape index (κ2) is 10.2. The highest BCUT2D eigenvalue weighted by Gasteiger charge is 2.41. The number of halogens is 7. The van der Waals surface area contributed by atoms with Crippen LogP contribution in [0.1, 0.15) is 59.9 Å². The summed E-state index contributed by atoms with van der Waals surface area (Å²) in [6.07, 6.45) is -8.01. The lowest BCUT2D eigenvalue weighted by Gasteiger charge is -2.43. The number of nitrogens with one attached hydrogen (secondary N) is 1. The van der Waals surface area contributed by atoms with E-state index in [1.54, 1.807) is 33.9 Å². The Morgan fingerprint density at radius 1 is 1.06 bits per heavy atom. The molecule has 2 aromatic rings. The first-order chi connectivity index (χ1) is 16.6. The quantitative estimate of drug-likeness (QED) is 0.444. The number of carbonyl (C=O) groups excluding carboxylic acids is 1. The standard InChI is InChI=1S/C26H27F7N2O/c1-5-22(36)34-21-8-9-35(4)24(23(21)20-7-6-19(27)10-14(20)2)15(3)16-11-17(25(28,29)30)13-18(12-16)26(31,32)33/h6-8,10-13,15,23-24H,5,9H2,1-4H3,(H,34,36)/t15-,23?,24?/m1/s1. The molecule has 1 amide bonds. The van der Waals surface area contributed by atoms with Crippen LogP contribution in [0.25, 0.3) is 0 Å². The Morgan fingerprint density at radius 3 is 2.14 bits per heavy atom. The summed E-state index contributed by atoms with van der Waals surface area (Å²) in [5.41, 5.74) is -1.27. The number of carbonyl (C=O) groups is 1. The van der Waals surface area contributed by atoms with Gasteiger partial charge in [0.05, 0.1) is 11.1 Å². The molecule has 10 heteroatoms. The average molecular weight is 517 g/mol. The molecule has 3 atom stereocenters. The number of nitrogens with zero attached hydrogens (tertiary/aromatic N) is 1. The highest BCUT2D eigenvalue weighted by molar-refractivity contribution is 5.78. The summed E-state index contributed by atoms with van der Waals surface area (Å²) in [6, 6.07) is 5.02. The van der Waals surface area contributed by atoms with E-state index >= 15 is 0 Å². The van der Waals surface area contributed by atoms with Gasteiger partial charge in [0.1, 0.15) is 5.82 Å². The van der Waals surface area contributed by atoms with E-state index in [0.29, 0.717) is 23.4 Å². The number of hydrogen-bond acceptors (Lipinski definition) is 2. The van der Waals surface area contributed by atoms with Gasteiger partial charge in [0.2, 0.25) is 5.91 Å². The molecule has 1 heterocycles. The lowest BCUT2D eigenvalue weighted by Crippen LogP contribution is -2.47. The molecule has 2 aromatic carbocycles. The molecule has 36 heavy (non-hydrogen) atoms. The zero-order valence-corrected chi connectivity index (χ0v) is 20.2. The van der Waals surface area contributed by atoms with Crippen LogP contribution < -0.4 is 5.32 Å². The number of alkyl halides is 6. The van der Waals surface area contributed by atoms with Gasteiger partial charge >= 0.3 is 12.4 Å². The molecule has 196 valence electrons. The van der Waals surface area contributed by atoms with E-state index in [9.17, 15) is 35.5 Å². The molecule has 0 aromatic heterocycles. The zero-order valence-electron chi connectivity index (χ0n) is 20.2. The van der Waals surface area contributed by atoms with Gasteiger partial charge in [0.15, 0.2) is 0 Å². The summed E-state index contributed by atoms with van der Waals surface area (Å²) >= 11 is 0. The predicted molar refractivity (Wildman–Crippen MR) is 122 cm³/mol. The van der Waals surface area contributed by atoms with Gasteiger partial charge in [-0.25, -0.2) is 4.39 Å². The van der Waals surface area contributed by atoms with Crippen LogP contribution in [-0.4, -0.2) is 30.4 Å². The fourth-order valence-electron chi connectivity index (χ4n) is 4.76. The summed E-state index contributed by atoms with van der Waals surface area (Å²) < 4.78 is 95.0. The normalized spacial score (nSPS) is 20.1. The summed E-state index contributed by atoms with van der Waals surface area (Å²) in [6.45, 7) is 5.19. The fourth-order valence-corrected chi connectivity index (χ4v) is 4.76. The number of benzene rings is 2. The highest BCUT2D eigenvalue weighted by atomic mass is 19.4. The molecule has 1 N–H and O–H groups in total. The van der Waals surface area contributed by atoms with Crippen molar-refractivity contribution in [1.29, 1.82) is 0 Å². The van der Waals surface area contributed by atoms with Crippen molar-refractivity contribution in [2.45, 2.75) is 57.4 Å². The Bertz CT molecular complexity index is 1120. The largest absolute Gasteiger partial charge is 0.416 e. The maximum absolute atomic E-state index is 13.9. The summed E-state index contributed by atoms with van der Waals surface area (Å²) in [4.78, 5) is 14.1.